The van der Waals surface area contributed by atoms with Crippen LogP contribution in [0.2, 0.25) is 5.02 Å². The van der Waals surface area contributed by atoms with Crippen molar-refractivity contribution in [3.8, 4) is 11.5 Å². The van der Waals surface area contributed by atoms with Crippen molar-refractivity contribution in [3.05, 3.63) is 52.3 Å². The Hall–Kier alpha value is -2.27. The molecule has 0 fully saturated rings. The molecule has 0 unspecified atom stereocenters. The van der Waals surface area contributed by atoms with Gasteiger partial charge in [0.25, 0.3) is 5.91 Å². The normalized spacial score (nSPS) is 10.4. The number of halogens is 2. The van der Waals surface area contributed by atoms with Crippen LogP contribution in [0.25, 0.3) is 0 Å². The summed E-state index contributed by atoms with van der Waals surface area (Å²) < 4.78 is 24.4. The molecule has 0 bridgehead atoms. The summed E-state index contributed by atoms with van der Waals surface area (Å²) in [5, 5.41) is 2.91. The Morgan fingerprint density at radius 3 is 2.67 bits per heavy atom. The molecule has 1 amide bonds. The number of benzene rings is 2. The van der Waals surface area contributed by atoms with Crippen LogP contribution in [-0.2, 0) is 0 Å². The number of methoxy groups -OCH3 is 1. The lowest BCUT2D eigenvalue weighted by atomic mass is 10.1. The molecular formula is C18H19ClFNO3. The Morgan fingerprint density at radius 2 is 2.04 bits per heavy atom. The summed E-state index contributed by atoms with van der Waals surface area (Å²) in [5.74, 6) is -0.0256. The third-order valence-electron chi connectivity index (χ3n) is 3.37. The standard InChI is InChI=1S/C18H19ClFNO3/c1-4-7-24-17-14(19)8-12(9-16(17)23-3)18(22)21-13-6-5-11(2)15(20)10-13/h5-6,8-10H,4,7H2,1-3H3,(H,21,22). The minimum atomic E-state index is -0.416. The van der Waals surface area contributed by atoms with Crippen molar-refractivity contribution < 1.29 is 18.7 Å². The summed E-state index contributed by atoms with van der Waals surface area (Å²) in [4.78, 5) is 12.4. The van der Waals surface area contributed by atoms with Crippen LogP contribution in [0.15, 0.2) is 30.3 Å². The van der Waals surface area contributed by atoms with Crippen molar-refractivity contribution in [1.82, 2.24) is 0 Å². The van der Waals surface area contributed by atoms with Gasteiger partial charge in [0.1, 0.15) is 5.82 Å². The van der Waals surface area contributed by atoms with Gasteiger partial charge < -0.3 is 14.8 Å². The molecule has 0 aliphatic rings. The molecule has 0 aliphatic heterocycles. The van der Waals surface area contributed by atoms with Gasteiger partial charge >= 0.3 is 0 Å². The second-order valence-electron chi connectivity index (χ2n) is 5.26. The molecule has 2 aromatic carbocycles. The molecule has 0 saturated heterocycles. The average molecular weight is 352 g/mol. The quantitative estimate of drug-likeness (QED) is 0.810. The molecule has 0 aromatic heterocycles. The van der Waals surface area contributed by atoms with E-state index in [0.29, 0.717) is 34.9 Å². The maximum atomic E-state index is 13.6. The molecule has 1 N–H and O–H groups in total. The molecule has 0 heterocycles. The van der Waals surface area contributed by atoms with Crippen molar-refractivity contribution in [1.29, 1.82) is 0 Å². The van der Waals surface area contributed by atoms with E-state index < -0.39 is 5.91 Å². The molecule has 0 radical (unpaired) electrons. The van der Waals surface area contributed by atoms with E-state index in [9.17, 15) is 9.18 Å². The number of amides is 1. The molecule has 0 aliphatic carbocycles. The first-order valence-corrected chi connectivity index (χ1v) is 7.92. The van der Waals surface area contributed by atoms with E-state index in [1.807, 2.05) is 6.92 Å². The fraction of sp³-hybridized carbons (Fsp3) is 0.278. The Labute approximate surface area is 145 Å². The number of aryl methyl sites for hydroxylation is 1. The first-order chi connectivity index (χ1) is 11.5. The zero-order chi connectivity index (χ0) is 17.7. The third kappa shape index (κ3) is 4.17. The Bertz CT molecular complexity index is 749. The van der Waals surface area contributed by atoms with Gasteiger partial charge in [-0.25, -0.2) is 4.39 Å². The lowest BCUT2D eigenvalue weighted by Crippen LogP contribution is -2.13. The first kappa shape index (κ1) is 18.1. The van der Waals surface area contributed by atoms with Crippen LogP contribution >= 0.6 is 11.6 Å². The van der Waals surface area contributed by atoms with Crippen LogP contribution in [0.1, 0.15) is 29.3 Å². The van der Waals surface area contributed by atoms with E-state index in [1.54, 1.807) is 19.1 Å². The molecule has 0 spiro atoms. The summed E-state index contributed by atoms with van der Waals surface area (Å²) in [5.41, 5.74) is 1.17. The molecule has 0 saturated carbocycles. The summed E-state index contributed by atoms with van der Waals surface area (Å²) >= 11 is 6.20. The van der Waals surface area contributed by atoms with Gasteiger partial charge in [0.2, 0.25) is 0 Å². The minimum absolute atomic E-state index is 0.281. The topological polar surface area (TPSA) is 47.6 Å². The van der Waals surface area contributed by atoms with Crippen LogP contribution in [0.4, 0.5) is 10.1 Å². The number of nitrogens with one attached hydrogen (secondary N) is 1. The highest BCUT2D eigenvalue weighted by molar-refractivity contribution is 6.32. The van der Waals surface area contributed by atoms with E-state index in [0.717, 1.165) is 6.42 Å². The lowest BCUT2D eigenvalue weighted by molar-refractivity contribution is 0.102. The number of rotatable bonds is 6. The Kier molecular flexibility index (Phi) is 6.04. The SMILES string of the molecule is CCCOc1c(Cl)cc(C(=O)Nc2ccc(C)c(F)c2)cc1OC. The van der Waals surface area contributed by atoms with Crippen molar-refractivity contribution in [2.24, 2.45) is 0 Å². The number of hydrogen-bond donors (Lipinski definition) is 1. The zero-order valence-corrected chi connectivity index (χ0v) is 14.5. The molecule has 0 atom stereocenters. The van der Waals surface area contributed by atoms with Gasteiger partial charge in [0, 0.05) is 11.3 Å². The van der Waals surface area contributed by atoms with Crippen molar-refractivity contribution in [2.75, 3.05) is 19.0 Å². The minimum Gasteiger partial charge on any atom is -0.493 e. The van der Waals surface area contributed by atoms with Crippen LogP contribution < -0.4 is 14.8 Å². The molecule has 4 nitrogen and oxygen atoms in total. The number of carbonyl (C=O) groups excluding carboxylic acids is 1. The number of anilines is 1. The molecule has 2 aromatic rings. The smallest absolute Gasteiger partial charge is 0.255 e. The van der Waals surface area contributed by atoms with Gasteiger partial charge in [-0.2, -0.15) is 0 Å². The summed E-state index contributed by atoms with van der Waals surface area (Å²) in [6.45, 7) is 4.12. The van der Waals surface area contributed by atoms with Crippen LogP contribution in [0.5, 0.6) is 11.5 Å². The Morgan fingerprint density at radius 1 is 1.29 bits per heavy atom. The fourth-order valence-corrected chi connectivity index (χ4v) is 2.33. The van der Waals surface area contributed by atoms with Gasteiger partial charge in [-0.3, -0.25) is 4.79 Å². The van der Waals surface area contributed by atoms with E-state index in [-0.39, 0.29) is 10.8 Å². The van der Waals surface area contributed by atoms with Gasteiger partial charge in [0.15, 0.2) is 11.5 Å². The van der Waals surface area contributed by atoms with Crippen LogP contribution in [0, 0.1) is 12.7 Å². The summed E-state index contributed by atoms with van der Waals surface area (Å²) in [6.07, 6.45) is 0.820. The molecular weight excluding hydrogens is 333 g/mol. The van der Waals surface area contributed by atoms with E-state index in [2.05, 4.69) is 5.32 Å². The second-order valence-corrected chi connectivity index (χ2v) is 5.66. The number of ether oxygens (including phenoxy) is 2. The van der Waals surface area contributed by atoms with Gasteiger partial charge in [0.05, 0.1) is 18.7 Å². The highest BCUT2D eigenvalue weighted by Gasteiger charge is 2.16. The molecule has 128 valence electrons. The number of hydrogen-bond acceptors (Lipinski definition) is 3. The van der Waals surface area contributed by atoms with Crippen molar-refractivity contribution >= 4 is 23.2 Å². The predicted molar refractivity (Wildman–Crippen MR) is 92.9 cm³/mol. The fourth-order valence-electron chi connectivity index (χ4n) is 2.07. The van der Waals surface area contributed by atoms with E-state index in [1.165, 1.54) is 25.3 Å². The largest absolute Gasteiger partial charge is 0.493 e. The van der Waals surface area contributed by atoms with Crippen molar-refractivity contribution in [2.45, 2.75) is 20.3 Å². The van der Waals surface area contributed by atoms with Gasteiger partial charge in [-0.1, -0.05) is 24.6 Å². The van der Waals surface area contributed by atoms with Gasteiger partial charge in [-0.15, -0.1) is 0 Å². The highest BCUT2D eigenvalue weighted by Crippen LogP contribution is 2.36. The third-order valence-corrected chi connectivity index (χ3v) is 3.65. The molecule has 6 heteroatoms. The maximum Gasteiger partial charge on any atom is 0.255 e. The molecule has 2 rings (SSSR count). The maximum absolute atomic E-state index is 13.6. The predicted octanol–water partition coefficient (Wildman–Crippen LogP) is 4.84. The van der Waals surface area contributed by atoms with Crippen molar-refractivity contribution in [3.63, 3.8) is 0 Å². The highest BCUT2D eigenvalue weighted by atomic mass is 35.5. The average Bonchev–Trinajstić information content (AvgIpc) is 2.56. The van der Waals surface area contributed by atoms with E-state index >= 15 is 0 Å². The van der Waals surface area contributed by atoms with Gasteiger partial charge in [-0.05, 0) is 43.2 Å². The summed E-state index contributed by atoms with van der Waals surface area (Å²) in [7, 11) is 1.47. The summed E-state index contributed by atoms with van der Waals surface area (Å²) in [6, 6.07) is 7.53. The second kappa shape index (κ2) is 8.02. The zero-order valence-electron chi connectivity index (χ0n) is 13.8. The Balaban J connectivity index is 2.25. The van der Waals surface area contributed by atoms with Crippen LogP contribution in [0.3, 0.4) is 0 Å². The molecule has 24 heavy (non-hydrogen) atoms. The van der Waals surface area contributed by atoms with Crippen LogP contribution in [-0.4, -0.2) is 19.6 Å². The number of carbonyl (C=O) groups is 1. The lowest BCUT2D eigenvalue weighted by Gasteiger charge is -2.14. The first-order valence-electron chi connectivity index (χ1n) is 7.54. The monoisotopic (exact) mass is 351 g/mol. The van der Waals surface area contributed by atoms with E-state index in [4.69, 9.17) is 21.1 Å².